The van der Waals surface area contributed by atoms with Crippen LogP contribution >= 0.6 is 11.6 Å². The van der Waals surface area contributed by atoms with Crippen molar-refractivity contribution in [3.8, 4) is 0 Å². The third-order valence-electron chi connectivity index (χ3n) is 6.15. The normalized spacial score (nSPS) is 19.1. The van der Waals surface area contributed by atoms with E-state index in [1.165, 1.54) is 16.4 Å². The van der Waals surface area contributed by atoms with Crippen molar-refractivity contribution in [3.05, 3.63) is 64.7 Å². The molecule has 0 saturated carbocycles. The highest BCUT2D eigenvalue weighted by atomic mass is 35.5. The van der Waals surface area contributed by atoms with Crippen molar-refractivity contribution in [2.75, 3.05) is 65.7 Å². The van der Waals surface area contributed by atoms with Crippen LogP contribution in [0.2, 0.25) is 5.02 Å². The van der Waals surface area contributed by atoms with Gasteiger partial charge in [-0.1, -0.05) is 35.9 Å². The molecule has 2 saturated heterocycles. The summed E-state index contributed by atoms with van der Waals surface area (Å²) in [5.74, 6) is -0.0906. The van der Waals surface area contributed by atoms with Crippen LogP contribution in [0.25, 0.3) is 0 Å². The SMILES string of the molecule is O=C(CNCC(c1ccc(Cl)cc1)N1CCOCC1)c1ccc(S(=O)(=O)N2CCOCC2)cc1. The molecule has 4 rings (SSSR count). The molecule has 2 fully saturated rings. The Morgan fingerprint density at radius 1 is 0.912 bits per heavy atom. The summed E-state index contributed by atoms with van der Waals surface area (Å²) < 4.78 is 37.7. The average molecular weight is 508 g/mol. The molecule has 2 heterocycles. The number of hydrogen-bond donors (Lipinski definition) is 1. The first-order valence-electron chi connectivity index (χ1n) is 11.4. The van der Waals surface area contributed by atoms with Crippen molar-refractivity contribution in [1.82, 2.24) is 14.5 Å². The molecule has 0 aromatic heterocycles. The van der Waals surface area contributed by atoms with Gasteiger partial charge in [0.25, 0.3) is 0 Å². The molecule has 0 radical (unpaired) electrons. The van der Waals surface area contributed by atoms with E-state index in [9.17, 15) is 13.2 Å². The number of Topliss-reactive ketones (excluding diaryl/α,β-unsaturated/α-hetero) is 1. The lowest BCUT2D eigenvalue weighted by molar-refractivity contribution is 0.0162. The third-order valence-corrected chi connectivity index (χ3v) is 8.31. The zero-order valence-electron chi connectivity index (χ0n) is 19.0. The number of sulfonamides is 1. The van der Waals surface area contributed by atoms with Gasteiger partial charge < -0.3 is 14.8 Å². The molecular weight excluding hydrogens is 478 g/mol. The lowest BCUT2D eigenvalue weighted by Crippen LogP contribution is -2.43. The quantitative estimate of drug-likeness (QED) is 0.520. The summed E-state index contributed by atoms with van der Waals surface area (Å²) in [6.45, 7) is 5.22. The molecule has 0 bridgehead atoms. The minimum atomic E-state index is -3.58. The van der Waals surface area contributed by atoms with E-state index in [0.29, 0.717) is 56.6 Å². The predicted molar refractivity (Wildman–Crippen MR) is 130 cm³/mol. The van der Waals surface area contributed by atoms with Crippen LogP contribution in [-0.2, 0) is 19.5 Å². The van der Waals surface area contributed by atoms with Crippen LogP contribution < -0.4 is 5.32 Å². The largest absolute Gasteiger partial charge is 0.379 e. The summed E-state index contributed by atoms with van der Waals surface area (Å²) in [5.41, 5.74) is 1.60. The monoisotopic (exact) mass is 507 g/mol. The molecule has 184 valence electrons. The highest BCUT2D eigenvalue weighted by Crippen LogP contribution is 2.23. The zero-order chi connectivity index (χ0) is 24.0. The topological polar surface area (TPSA) is 88.2 Å². The highest BCUT2D eigenvalue weighted by Gasteiger charge is 2.26. The Morgan fingerprint density at radius 3 is 2.12 bits per heavy atom. The zero-order valence-corrected chi connectivity index (χ0v) is 20.6. The van der Waals surface area contributed by atoms with Gasteiger partial charge in [-0.3, -0.25) is 9.69 Å². The van der Waals surface area contributed by atoms with Gasteiger partial charge in [0.15, 0.2) is 5.78 Å². The fourth-order valence-corrected chi connectivity index (χ4v) is 5.74. The van der Waals surface area contributed by atoms with Gasteiger partial charge in [0.05, 0.1) is 37.9 Å². The van der Waals surface area contributed by atoms with E-state index >= 15 is 0 Å². The minimum Gasteiger partial charge on any atom is -0.379 e. The number of rotatable bonds is 9. The Balaban J connectivity index is 1.36. The second kappa shape index (κ2) is 11.7. The highest BCUT2D eigenvalue weighted by molar-refractivity contribution is 7.89. The van der Waals surface area contributed by atoms with Crippen molar-refractivity contribution < 1.29 is 22.7 Å². The van der Waals surface area contributed by atoms with Gasteiger partial charge in [-0.15, -0.1) is 0 Å². The van der Waals surface area contributed by atoms with Crippen LogP contribution in [0.15, 0.2) is 53.4 Å². The number of carbonyl (C=O) groups excluding carboxylic acids is 1. The van der Waals surface area contributed by atoms with E-state index in [-0.39, 0.29) is 23.3 Å². The van der Waals surface area contributed by atoms with Crippen LogP contribution in [0.3, 0.4) is 0 Å². The Morgan fingerprint density at radius 2 is 1.50 bits per heavy atom. The molecule has 2 aliphatic rings. The molecule has 0 aliphatic carbocycles. The summed E-state index contributed by atoms with van der Waals surface area (Å²) >= 11 is 6.06. The molecule has 2 aliphatic heterocycles. The Hall–Kier alpha value is -1.85. The summed E-state index contributed by atoms with van der Waals surface area (Å²) in [6.07, 6.45) is 0. The van der Waals surface area contributed by atoms with Crippen LogP contribution in [0.1, 0.15) is 22.0 Å². The molecule has 2 aromatic carbocycles. The van der Waals surface area contributed by atoms with Crippen molar-refractivity contribution in [2.45, 2.75) is 10.9 Å². The fraction of sp³-hybridized carbons (Fsp3) is 0.458. The average Bonchev–Trinajstić information content (AvgIpc) is 2.88. The maximum atomic E-state index is 12.8. The number of halogens is 1. The second-order valence-electron chi connectivity index (χ2n) is 8.31. The molecule has 0 spiro atoms. The first kappa shape index (κ1) is 25.2. The molecule has 0 amide bonds. The van der Waals surface area contributed by atoms with Crippen LogP contribution in [0.4, 0.5) is 0 Å². The van der Waals surface area contributed by atoms with Gasteiger partial charge >= 0.3 is 0 Å². The Labute approximate surface area is 205 Å². The summed E-state index contributed by atoms with van der Waals surface area (Å²) in [5, 5.41) is 3.97. The Kier molecular flexibility index (Phi) is 8.70. The molecule has 1 unspecified atom stereocenters. The maximum Gasteiger partial charge on any atom is 0.243 e. The number of nitrogens with one attached hydrogen (secondary N) is 1. The van der Waals surface area contributed by atoms with Crippen LogP contribution in [0, 0.1) is 0 Å². The van der Waals surface area contributed by atoms with Gasteiger partial charge in [-0.2, -0.15) is 4.31 Å². The lowest BCUT2D eigenvalue weighted by Gasteiger charge is -2.35. The third kappa shape index (κ3) is 6.23. The van der Waals surface area contributed by atoms with Crippen molar-refractivity contribution in [2.24, 2.45) is 0 Å². The van der Waals surface area contributed by atoms with Crippen molar-refractivity contribution in [1.29, 1.82) is 0 Å². The van der Waals surface area contributed by atoms with Gasteiger partial charge in [0, 0.05) is 49.4 Å². The molecule has 34 heavy (non-hydrogen) atoms. The second-order valence-corrected chi connectivity index (χ2v) is 10.7. The van der Waals surface area contributed by atoms with Crippen molar-refractivity contribution >= 4 is 27.4 Å². The van der Waals surface area contributed by atoms with Crippen LogP contribution in [-0.4, -0.2) is 89.1 Å². The first-order valence-corrected chi connectivity index (χ1v) is 13.3. The molecule has 8 nitrogen and oxygen atoms in total. The number of hydrogen-bond acceptors (Lipinski definition) is 7. The summed E-state index contributed by atoms with van der Waals surface area (Å²) in [7, 11) is -3.58. The van der Waals surface area contributed by atoms with E-state index in [0.717, 1.165) is 18.7 Å². The number of morpholine rings is 2. The number of carbonyl (C=O) groups is 1. The van der Waals surface area contributed by atoms with E-state index in [1.807, 2.05) is 24.3 Å². The standard InChI is InChI=1S/C24H30ClN3O5S/c25-21-5-1-19(2-6-21)23(27-9-13-32-14-10-27)17-26-18-24(29)20-3-7-22(8-4-20)34(30,31)28-11-15-33-16-12-28/h1-8,23,26H,9-18H2. The molecule has 10 heteroatoms. The summed E-state index contributed by atoms with van der Waals surface area (Å²) in [4.78, 5) is 15.3. The number of benzene rings is 2. The van der Waals surface area contributed by atoms with Gasteiger partial charge in [-0.25, -0.2) is 8.42 Å². The van der Waals surface area contributed by atoms with Gasteiger partial charge in [0.2, 0.25) is 10.0 Å². The van der Waals surface area contributed by atoms with Crippen molar-refractivity contribution in [3.63, 3.8) is 0 Å². The number of ketones is 1. The lowest BCUT2D eigenvalue weighted by atomic mass is 10.0. The molecular formula is C24H30ClN3O5S. The minimum absolute atomic E-state index is 0.0906. The van der Waals surface area contributed by atoms with Gasteiger partial charge in [0.1, 0.15) is 0 Å². The summed E-state index contributed by atoms with van der Waals surface area (Å²) in [6, 6.07) is 14.0. The van der Waals surface area contributed by atoms with E-state index in [2.05, 4.69) is 10.2 Å². The Bertz CT molecular complexity index is 1050. The smallest absolute Gasteiger partial charge is 0.243 e. The molecule has 1 atom stereocenters. The molecule has 1 N–H and O–H groups in total. The fourth-order valence-electron chi connectivity index (χ4n) is 4.21. The number of ether oxygens (including phenoxy) is 2. The van der Waals surface area contributed by atoms with E-state index in [4.69, 9.17) is 21.1 Å². The number of nitrogens with zero attached hydrogens (tertiary/aromatic N) is 2. The van der Waals surface area contributed by atoms with Gasteiger partial charge in [-0.05, 0) is 29.8 Å². The van der Waals surface area contributed by atoms with E-state index < -0.39 is 10.0 Å². The molecule has 2 aromatic rings. The van der Waals surface area contributed by atoms with E-state index in [1.54, 1.807) is 12.1 Å². The van der Waals surface area contributed by atoms with Crippen LogP contribution in [0.5, 0.6) is 0 Å². The maximum absolute atomic E-state index is 12.8. The predicted octanol–water partition coefficient (Wildman–Crippen LogP) is 2.21. The first-order chi connectivity index (χ1) is 16.4.